The molecule has 0 saturated heterocycles. The second-order valence-corrected chi connectivity index (χ2v) is 4.96. The van der Waals surface area contributed by atoms with Crippen LogP contribution in [0.15, 0.2) is 40.9 Å². The van der Waals surface area contributed by atoms with Gasteiger partial charge in [0, 0.05) is 10.5 Å². The zero-order chi connectivity index (χ0) is 14.0. The van der Waals surface area contributed by atoms with Gasteiger partial charge in [0.1, 0.15) is 11.5 Å². The standard InChI is InChI=1S/C12H7BrClFN2O2/c13-7-4-5-10(11(6-7)17(18)19)16-12-8(14)2-1-3-9(12)15/h1-6,16H. The van der Waals surface area contributed by atoms with Gasteiger partial charge in [-0.3, -0.25) is 10.1 Å². The molecule has 19 heavy (non-hydrogen) atoms. The SMILES string of the molecule is O=[N+]([O-])c1cc(Br)ccc1Nc1c(F)cccc1Cl. The predicted octanol–water partition coefficient (Wildman–Crippen LogP) is 4.89. The molecule has 0 aliphatic rings. The highest BCUT2D eigenvalue weighted by Gasteiger charge is 2.16. The summed E-state index contributed by atoms with van der Waals surface area (Å²) in [7, 11) is 0. The Kier molecular flexibility index (Phi) is 4.01. The van der Waals surface area contributed by atoms with E-state index >= 15 is 0 Å². The first-order chi connectivity index (χ1) is 8.99. The third kappa shape index (κ3) is 3.02. The number of nitrogens with zero attached hydrogens (tertiary/aromatic N) is 1. The second kappa shape index (κ2) is 5.54. The highest BCUT2D eigenvalue weighted by atomic mass is 79.9. The quantitative estimate of drug-likeness (QED) is 0.636. The van der Waals surface area contributed by atoms with Crippen molar-refractivity contribution < 1.29 is 9.31 Å². The molecule has 4 nitrogen and oxygen atoms in total. The van der Waals surface area contributed by atoms with Crippen molar-refractivity contribution in [3.63, 3.8) is 0 Å². The van der Waals surface area contributed by atoms with Crippen LogP contribution in [0.25, 0.3) is 0 Å². The average Bonchev–Trinajstić information content (AvgIpc) is 2.35. The molecule has 2 rings (SSSR count). The van der Waals surface area contributed by atoms with E-state index < -0.39 is 10.7 Å². The van der Waals surface area contributed by atoms with E-state index in [1.807, 2.05) is 0 Å². The number of nitro benzene ring substituents is 1. The van der Waals surface area contributed by atoms with Crippen molar-refractivity contribution >= 4 is 44.6 Å². The van der Waals surface area contributed by atoms with Crippen molar-refractivity contribution in [1.29, 1.82) is 0 Å². The molecule has 0 aromatic heterocycles. The number of hydrogen-bond donors (Lipinski definition) is 1. The lowest BCUT2D eigenvalue weighted by Crippen LogP contribution is -1.99. The molecule has 0 heterocycles. The van der Waals surface area contributed by atoms with Gasteiger partial charge in [-0.05, 0) is 24.3 Å². The molecular weight excluding hydrogens is 338 g/mol. The van der Waals surface area contributed by atoms with Crippen molar-refractivity contribution in [3.8, 4) is 0 Å². The number of halogens is 3. The number of benzene rings is 2. The first kappa shape index (κ1) is 13.8. The molecule has 0 unspecified atom stereocenters. The van der Waals surface area contributed by atoms with Crippen LogP contribution in [0, 0.1) is 15.9 Å². The molecule has 98 valence electrons. The monoisotopic (exact) mass is 344 g/mol. The molecule has 0 atom stereocenters. The molecule has 0 fully saturated rings. The van der Waals surface area contributed by atoms with Gasteiger partial charge in [0.05, 0.1) is 15.6 Å². The maximum absolute atomic E-state index is 13.6. The van der Waals surface area contributed by atoms with E-state index in [0.717, 1.165) is 0 Å². The van der Waals surface area contributed by atoms with Gasteiger partial charge in [-0.15, -0.1) is 0 Å². The third-order valence-electron chi connectivity index (χ3n) is 2.38. The van der Waals surface area contributed by atoms with Gasteiger partial charge in [0.2, 0.25) is 0 Å². The smallest absolute Gasteiger partial charge is 0.293 e. The average molecular weight is 346 g/mol. The van der Waals surface area contributed by atoms with Crippen LogP contribution in [0.5, 0.6) is 0 Å². The van der Waals surface area contributed by atoms with Crippen molar-refractivity contribution in [3.05, 3.63) is 61.8 Å². The van der Waals surface area contributed by atoms with Crippen molar-refractivity contribution in [1.82, 2.24) is 0 Å². The number of nitro groups is 1. The Balaban J connectivity index is 2.47. The predicted molar refractivity (Wildman–Crippen MR) is 75.5 cm³/mol. The molecule has 0 bridgehead atoms. The first-order valence-corrected chi connectivity index (χ1v) is 6.31. The maximum Gasteiger partial charge on any atom is 0.293 e. The van der Waals surface area contributed by atoms with Crippen LogP contribution in [-0.2, 0) is 0 Å². The fraction of sp³-hybridized carbons (Fsp3) is 0. The molecule has 0 spiro atoms. The zero-order valence-corrected chi connectivity index (χ0v) is 11.7. The van der Waals surface area contributed by atoms with Crippen LogP contribution in [0.1, 0.15) is 0 Å². The number of hydrogen-bond acceptors (Lipinski definition) is 3. The topological polar surface area (TPSA) is 55.2 Å². The summed E-state index contributed by atoms with van der Waals surface area (Å²) in [6, 6.07) is 8.60. The number of anilines is 2. The lowest BCUT2D eigenvalue weighted by molar-refractivity contribution is -0.384. The van der Waals surface area contributed by atoms with Gasteiger partial charge in [0.15, 0.2) is 0 Å². The Morgan fingerprint density at radius 2 is 2.05 bits per heavy atom. The van der Waals surface area contributed by atoms with E-state index in [2.05, 4.69) is 21.2 Å². The summed E-state index contributed by atoms with van der Waals surface area (Å²) < 4.78 is 14.2. The van der Waals surface area contributed by atoms with E-state index in [1.54, 1.807) is 6.07 Å². The van der Waals surface area contributed by atoms with Crippen LogP contribution in [0.4, 0.5) is 21.5 Å². The summed E-state index contributed by atoms with van der Waals surface area (Å²) in [5, 5.41) is 13.8. The van der Waals surface area contributed by atoms with E-state index in [4.69, 9.17) is 11.6 Å². The van der Waals surface area contributed by atoms with Gasteiger partial charge in [-0.25, -0.2) is 4.39 Å². The van der Waals surface area contributed by atoms with Gasteiger partial charge < -0.3 is 5.32 Å². The molecule has 2 aromatic rings. The summed E-state index contributed by atoms with van der Waals surface area (Å²) >= 11 is 9.01. The largest absolute Gasteiger partial charge is 0.346 e. The van der Waals surface area contributed by atoms with Crippen LogP contribution >= 0.6 is 27.5 Å². The Morgan fingerprint density at radius 3 is 2.68 bits per heavy atom. The lowest BCUT2D eigenvalue weighted by Gasteiger charge is -2.10. The van der Waals surface area contributed by atoms with E-state index in [0.29, 0.717) is 4.47 Å². The van der Waals surface area contributed by atoms with Crippen molar-refractivity contribution in [2.45, 2.75) is 0 Å². The Bertz CT molecular complexity index is 631. The molecule has 0 radical (unpaired) electrons. The summed E-state index contributed by atoms with van der Waals surface area (Å²) in [6.45, 7) is 0. The first-order valence-electron chi connectivity index (χ1n) is 5.14. The van der Waals surface area contributed by atoms with Crippen LogP contribution in [0.2, 0.25) is 5.02 Å². The molecule has 2 aromatic carbocycles. The van der Waals surface area contributed by atoms with Crippen LogP contribution in [-0.4, -0.2) is 4.92 Å². The van der Waals surface area contributed by atoms with Crippen LogP contribution in [0.3, 0.4) is 0 Å². The Labute approximate surface area is 121 Å². The molecule has 7 heteroatoms. The summed E-state index contributed by atoms with van der Waals surface area (Å²) in [5.41, 5.74) is 0.00323. The fourth-order valence-electron chi connectivity index (χ4n) is 1.51. The number of rotatable bonds is 3. The highest BCUT2D eigenvalue weighted by Crippen LogP contribution is 2.34. The minimum Gasteiger partial charge on any atom is -0.346 e. The molecule has 1 N–H and O–H groups in total. The van der Waals surface area contributed by atoms with Gasteiger partial charge in [-0.2, -0.15) is 0 Å². The third-order valence-corrected chi connectivity index (χ3v) is 3.19. The van der Waals surface area contributed by atoms with E-state index in [9.17, 15) is 14.5 Å². The Morgan fingerprint density at radius 1 is 1.32 bits per heavy atom. The van der Waals surface area contributed by atoms with Crippen LogP contribution < -0.4 is 5.32 Å². The van der Waals surface area contributed by atoms with E-state index in [1.165, 1.54) is 30.3 Å². The zero-order valence-electron chi connectivity index (χ0n) is 9.36. The molecule has 0 aliphatic carbocycles. The molecule has 0 saturated carbocycles. The minimum atomic E-state index is -0.579. The Hall–Kier alpha value is -1.66. The lowest BCUT2D eigenvalue weighted by atomic mass is 10.2. The van der Waals surface area contributed by atoms with Crippen molar-refractivity contribution in [2.24, 2.45) is 0 Å². The fourth-order valence-corrected chi connectivity index (χ4v) is 2.07. The van der Waals surface area contributed by atoms with Crippen molar-refractivity contribution in [2.75, 3.05) is 5.32 Å². The summed E-state index contributed by atoms with van der Waals surface area (Å²) in [6.07, 6.45) is 0. The van der Waals surface area contributed by atoms with Gasteiger partial charge in [0.25, 0.3) is 5.69 Å². The molecule has 0 aliphatic heterocycles. The molecular formula is C12H7BrClFN2O2. The number of para-hydroxylation sites is 1. The number of nitrogens with one attached hydrogen (secondary N) is 1. The normalized spacial score (nSPS) is 10.3. The summed E-state index contributed by atoms with van der Waals surface area (Å²) in [4.78, 5) is 10.4. The highest BCUT2D eigenvalue weighted by molar-refractivity contribution is 9.10. The van der Waals surface area contributed by atoms with E-state index in [-0.39, 0.29) is 22.1 Å². The van der Waals surface area contributed by atoms with Gasteiger partial charge >= 0.3 is 0 Å². The maximum atomic E-state index is 13.6. The minimum absolute atomic E-state index is 0.00888. The molecule has 0 amide bonds. The summed E-state index contributed by atoms with van der Waals surface area (Å²) in [5.74, 6) is -0.579. The van der Waals surface area contributed by atoms with Gasteiger partial charge in [-0.1, -0.05) is 33.6 Å². The second-order valence-electron chi connectivity index (χ2n) is 3.64.